The molecule has 0 spiro atoms. The molecule has 1 aliphatic rings. The van der Waals surface area contributed by atoms with Gasteiger partial charge in [-0.15, -0.1) is 22.7 Å². The molecule has 3 aromatic heterocycles. The topological polar surface area (TPSA) is 63.9 Å². The summed E-state index contributed by atoms with van der Waals surface area (Å²) in [6, 6.07) is 10.1. The molecule has 36 heavy (non-hydrogen) atoms. The van der Waals surface area contributed by atoms with Crippen LogP contribution in [0.2, 0.25) is 0 Å². The number of amides is 1. The van der Waals surface area contributed by atoms with Crippen LogP contribution in [-0.2, 0) is 9.53 Å². The zero-order chi connectivity index (χ0) is 25.4. The molecular formula is C28H31N3O3S2. The molecule has 1 aromatic carbocycles. The molecule has 1 amide bonds. The minimum Gasteiger partial charge on any atom is -0.465 e. The van der Waals surface area contributed by atoms with Gasteiger partial charge in [0.05, 0.1) is 18.5 Å². The van der Waals surface area contributed by atoms with Gasteiger partial charge in [-0.05, 0) is 57.1 Å². The summed E-state index contributed by atoms with van der Waals surface area (Å²) in [5, 5.41) is 2.02. The number of anilines is 1. The number of thiazole rings is 1. The summed E-state index contributed by atoms with van der Waals surface area (Å²) in [4.78, 5) is 35.3. The van der Waals surface area contributed by atoms with Crippen molar-refractivity contribution in [2.75, 3.05) is 12.0 Å². The van der Waals surface area contributed by atoms with Gasteiger partial charge in [0.15, 0.2) is 4.96 Å². The Kier molecular flexibility index (Phi) is 6.99. The molecule has 0 radical (unpaired) electrons. The van der Waals surface area contributed by atoms with Crippen LogP contribution in [0.15, 0.2) is 48.1 Å². The molecule has 4 aromatic rings. The first-order chi connectivity index (χ1) is 17.4. The lowest BCUT2D eigenvalue weighted by atomic mass is 9.82. The van der Waals surface area contributed by atoms with Crippen molar-refractivity contribution in [3.8, 4) is 21.7 Å². The van der Waals surface area contributed by atoms with E-state index in [-0.39, 0.29) is 17.9 Å². The summed E-state index contributed by atoms with van der Waals surface area (Å²) < 4.78 is 7.14. The van der Waals surface area contributed by atoms with Crippen LogP contribution >= 0.6 is 22.7 Å². The molecule has 1 aliphatic carbocycles. The zero-order valence-electron chi connectivity index (χ0n) is 21.1. The van der Waals surface area contributed by atoms with Crippen molar-refractivity contribution in [1.82, 2.24) is 9.38 Å². The minimum atomic E-state index is -0.410. The summed E-state index contributed by atoms with van der Waals surface area (Å²) >= 11 is 2.98. The van der Waals surface area contributed by atoms with Crippen molar-refractivity contribution in [3.63, 3.8) is 0 Å². The van der Waals surface area contributed by atoms with Crippen molar-refractivity contribution in [2.24, 2.45) is 11.8 Å². The second kappa shape index (κ2) is 10.2. The normalized spacial score (nSPS) is 18.0. The molecule has 0 atom stereocenters. The van der Waals surface area contributed by atoms with Gasteiger partial charge in [0.2, 0.25) is 5.91 Å². The van der Waals surface area contributed by atoms with Gasteiger partial charge < -0.3 is 9.64 Å². The van der Waals surface area contributed by atoms with E-state index in [9.17, 15) is 9.59 Å². The Morgan fingerprint density at radius 3 is 2.44 bits per heavy atom. The number of aromatic nitrogens is 2. The number of carbonyl (C=O) groups is 2. The SMILES string of the molecule is COC(=O)c1sc(-c2ccc(-c3cn4ccsc4n3)cc2)cc1N(C(=O)C1CCC(C)CC1)C(C)C. The average molecular weight is 522 g/mol. The molecule has 3 heterocycles. The van der Waals surface area contributed by atoms with E-state index in [2.05, 4.69) is 11.9 Å². The maximum absolute atomic E-state index is 13.7. The third-order valence-electron chi connectivity index (χ3n) is 7.02. The summed E-state index contributed by atoms with van der Waals surface area (Å²) in [5.74, 6) is 0.371. The van der Waals surface area contributed by atoms with Crippen molar-refractivity contribution in [3.05, 3.63) is 53.0 Å². The van der Waals surface area contributed by atoms with Gasteiger partial charge in [0.25, 0.3) is 0 Å². The number of fused-ring (bicyclic) bond motifs is 1. The molecule has 0 aliphatic heterocycles. The Morgan fingerprint density at radius 2 is 1.81 bits per heavy atom. The summed E-state index contributed by atoms with van der Waals surface area (Å²) in [5.41, 5.74) is 3.60. The maximum atomic E-state index is 13.7. The van der Waals surface area contributed by atoms with Gasteiger partial charge in [-0.25, -0.2) is 9.78 Å². The second-order valence-corrected chi connectivity index (χ2v) is 11.8. The summed E-state index contributed by atoms with van der Waals surface area (Å²) in [6.45, 7) is 6.26. The van der Waals surface area contributed by atoms with Crippen molar-refractivity contribution >= 4 is 45.2 Å². The number of methoxy groups -OCH3 is 1. The smallest absolute Gasteiger partial charge is 0.350 e. The van der Waals surface area contributed by atoms with E-state index in [1.165, 1.54) is 18.4 Å². The van der Waals surface area contributed by atoms with Crippen LogP contribution in [0.1, 0.15) is 56.1 Å². The predicted octanol–water partition coefficient (Wildman–Crippen LogP) is 7.15. The zero-order valence-corrected chi connectivity index (χ0v) is 22.7. The number of hydrogen-bond donors (Lipinski definition) is 0. The lowest BCUT2D eigenvalue weighted by Crippen LogP contribution is -2.42. The Bertz CT molecular complexity index is 1350. The lowest BCUT2D eigenvalue weighted by molar-refractivity contribution is -0.123. The van der Waals surface area contributed by atoms with Gasteiger partial charge >= 0.3 is 5.97 Å². The molecule has 188 valence electrons. The number of carbonyl (C=O) groups excluding carboxylic acids is 2. The summed E-state index contributed by atoms with van der Waals surface area (Å²) in [7, 11) is 1.39. The molecule has 1 saturated carbocycles. The highest BCUT2D eigenvalue weighted by Gasteiger charge is 2.33. The quantitative estimate of drug-likeness (QED) is 0.253. The van der Waals surface area contributed by atoms with Crippen LogP contribution in [-0.4, -0.2) is 34.4 Å². The van der Waals surface area contributed by atoms with Gasteiger partial charge in [-0.1, -0.05) is 31.2 Å². The maximum Gasteiger partial charge on any atom is 0.350 e. The largest absolute Gasteiger partial charge is 0.465 e. The molecule has 5 rings (SSSR count). The molecule has 6 nitrogen and oxygen atoms in total. The van der Waals surface area contributed by atoms with E-state index in [1.807, 2.05) is 71.3 Å². The first kappa shape index (κ1) is 24.7. The van der Waals surface area contributed by atoms with Gasteiger partial charge in [0, 0.05) is 40.2 Å². The fourth-order valence-electron chi connectivity index (χ4n) is 4.97. The number of imidazole rings is 1. The van der Waals surface area contributed by atoms with Crippen LogP contribution in [0.25, 0.3) is 26.7 Å². The highest BCUT2D eigenvalue weighted by molar-refractivity contribution is 7.18. The fourth-order valence-corrected chi connectivity index (χ4v) is 6.74. The molecule has 0 bridgehead atoms. The van der Waals surface area contributed by atoms with Crippen LogP contribution in [0.4, 0.5) is 5.69 Å². The highest BCUT2D eigenvalue weighted by Crippen LogP contribution is 2.40. The molecule has 1 fully saturated rings. The van der Waals surface area contributed by atoms with Gasteiger partial charge in [-0.2, -0.15) is 0 Å². The Balaban J connectivity index is 1.47. The average Bonchev–Trinajstić information content (AvgIpc) is 3.59. The van der Waals surface area contributed by atoms with Crippen molar-refractivity contribution in [2.45, 2.75) is 52.5 Å². The van der Waals surface area contributed by atoms with Crippen LogP contribution < -0.4 is 4.90 Å². The predicted molar refractivity (Wildman–Crippen MR) is 147 cm³/mol. The first-order valence-corrected chi connectivity index (χ1v) is 14.1. The molecular weight excluding hydrogens is 490 g/mol. The number of thiophene rings is 1. The molecule has 0 saturated heterocycles. The van der Waals surface area contributed by atoms with Crippen LogP contribution in [0.3, 0.4) is 0 Å². The van der Waals surface area contributed by atoms with Crippen LogP contribution in [0.5, 0.6) is 0 Å². The first-order valence-electron chi connectivity index (χ1n) is 12.4. The third kappa shape index (κ3) is 4.72. The van der Waals surface area contributed by atoms with Gasteiger partial charge in [0.1, 0.15) is 4.88 Å². The van der Waals surface area contributed by atoms with E-state index in [0.29, 0.717) is 16.5 Å². The van der Waals surface area contributed by atoms with E-state index in [1.54, 1.807) is 11.3 Å². The van der Waals surface area contributed by atoms with Gasteiger partial charge in [-0.3, -0.25) is 9.20 Å². The van der Waals surface area contributed by atoms with E-state index in [0.717, 1.165) is 52.3 Å². The molecule has 8 heteroatoms. The van der Waals surface area contributed by atoms with E-state index in [4.69, 9.17) is 4.74 Å². The number of benzene rings is 1. The highest BCUT2D eigenvalue weighted by atomic mass is 32.1. The summed E-state index contributed by atoms with van der Waals surface area (Å²) in [6.07, 6.45) is 7.98. The fraction of sp³-hybridized carbons (Fsp3) is 0.393. The minimum absolute atomic E-state index is 0.00118. The number of hydrogen-bond acceptors (Lipinski definition) is 6. The number of ether oxygens (including phenoxy) is 1. The van der Waals surface area contributed by atoms with E-state index < -0.39 is 5.97 Å². The molecule has 0 unspecified atom stereocenters. The number of nitrogens with zero attached hydrogens (tertiary/aromatic N) is 3. The third-order valence-corrected chi connectivity index (χ3v) is 8.94. The van der Waals surface area contributed by atoms with Crippen LogP contribution in [0, 0.1) is 11.8 Å². The monoisotopic (exact) mass is 521 g/mol. The number of esters is 1. The van der Waals surface area contributed by atoms with Crippen molar-refractivity contribution < 1.29 is 14.3 Å². The van der Waals surface area contributed by atoms with E-state index >= 15 is 0 Å². The Hall–Kier alpha value is -2.97. The van der Waals surface area contributed by atoms with Crippen molar-refractivity contribution in [1.29, 1.82) is 0 Å². The number of rotatable bonds is 6. The standard InChI is InChI=1S/C28H31N3O3S2/c1-17(2)31(26(32)21-7-5-18(3)6-8-21)23-15-24(36-25(23)27(33)34-4)20-11-9-19(10-12-20)22-16-30-13-14-35-28(30)29-22/h9-18,21H,5-8H2,1-4H3. The second-order valence-electron chi connectivity index (χ2n) is 9.87. The lowest BCUT2D eigenvalue weighted by Gasteiger charge is -2.33. The Morgan fingerprint density at radius 1 is 1.11 bits per heavy atom. The Labute approximate surface area is 219 Å². The molecule has 0 N–H and O–H groups in total.